The Bertz CT molecular complexity index is 724. The average molecular weight is 402 g/mol. The van der Waals surface area contributed by atoms with Gasteiger partial charge >= 0.3 is 6.09 Å². The monoisotopic (exact) mass is 401 g/mol. The van der Waals surface area contributed by atoms with Gasteiger partial charge in [0.05, 0.1) is 11.6 Å². The minimum Gasteiger partial charge on any atom is -0.491 e. The number of piperidine rings is 2. The molecule has 29 heavy (non-hydrogen) atoms. The Kier molecular flexibility index (Phi) is 6.66. The van der Waals surface area contributed by atoms with Crippen molar-refractivity contribution in [3.05, 3.63) is 29.8 Å². The van der Waals surface area contributed by atoms with Crippen LogP contribution in [0.15, 0.2) is 24.3 Å². The van der Waals surface area contributed by atoms with E-state index in [0.29, 0.717) is 42.8 Å². The molecule has 2 aliphatic heterocycles. The minimum absolute atomic E-state index is 0.210. The van der Waals surface area contributed by atoms with Gasteiger partial charge in [-0.25, -0.2) is 4.79 Å². The van der Waals surface area contributed by atoms with Crippen molar-refractivity contribution in [3.8, 4) is 11.8 Å². The molecular weight excluding hydrogens is 370 g/mol. The number of nitrogens with zero attached hydrogens (tertiary/aromatic N) is 3. The third-order valence-electron chi connectivity index (χ3n) is 5.20. The van der Waals surface area contributed by atoms with E-state index in [-0.39, 0.29) is 12.7 Å². The first-order valence-electron chi connectivity index (χ1n) is 10.2. The van der Waals surface area contributed by atoms with E-state index in [2.05, 4.69) is 11.0 Å². The number of carbonyl (C=O) groups is 1. The Morgan fingerprint density at radius 2 is 1.83 bits per heavy atom. The van der Waals surface area contributed by atoms with Crippen molar-refractivity contribution >= 4 is 6.09 Å². The predicted molar refractivity (Wildman–Crippen MR) is 109 cm³/mol. The van der Waals surface area contributed by atoms with Crippen LogP contribution in [-0.2, 0) is 4.74 Å². The molecule has 0 aliphatic carbocycles. The van der Waals surface area contributed by atoms with Crippen LogP contribution in [0.3, 0.4) is 0 Å². The fourth-order valence-electron chi connectivity index (χ4n) is 4.18. The Labute approximate surface area is 172 Å². The molecule has 3 atom stereocenters. The summed E-state index contributed by atoms with van der Waals surface area (Å²) in [7, 11) is 0. The SMILES string of the molecule is CC(C)(C)OC(=O)N1C[C@H]2C[C@@H](CN(C[C@H](O)COc3ccc(C#N)cc3)C2)C1. The van der Waals surface area contributed by atoms with Gasteiger partial charge in [-0.05, 0) is 63.3 Å². The largest absolute Gasteiger partial charge is 0.491 e. The molecule has 0 saturated carbocycles. The van der Waals surface area contributed by atoms with Gasteiger partial charge in [0.1, 0.15) is 24.1 Å². The summed E-state index contributed by atoms with van der Waals surface area (Å²) in [6.07, 6.45) is 0.302. The van der Waals surface area contributed by atoms with Crippen LogP contribution in [0.4, 0.5) is 4.79 Å². The Hall–Kier alpha value is -2.30. The van der Waals surface area contributed by atoms with Crippen LogP contribution in [0.1, 0.15) is 32.8 Å². The highest BCUT2D eigenvalue weighted by Gasteiger charge is 2.37. The fraction of sp³-hybridized carbons (Fsp3) is 0.636. The quantitative estimate of drug-likeness (QED) is 0.816. The normalized spacial score (nSPS) is 23.2. The van der Waals surface area contributed by atoms with Gasteiger partial charge in [0.25, 0.3) is 0 Å². The number of amides is 1. The van der Waals surface area contributed by atoms with Gasteiger partial charge in [-0.2, -0.15) is 5.26 Å². The van der Waals surface area contributed by atoms with Gasteiger partial charge < -0.3 is 19.5 Å². The number of hydrogen-bond acceptors (Lipinski definition) is 6. The molecule has 7 nitrogen and oxygen atoms in total. The highest BCUT2D eigenvalue weighted by Crippen LogP contribution is 2.29. The molecule has 2 bridgehead atoms. The predicted octanol–water partition coefficient (Wildman–Crippen LogP) is 2.49. The molecule has 158 valence electrons. The highest BCUT2D eigenvalue weighted by atomic mass is 16.6. The second kappa shape index (κ2) is 9.02. The number of carbonyl (C=O) groups excluding carboxylic acids is 1. The minimum atomic E-state index is -0.591. The number of aliphatic hydroxyl groups excluding tert-OH is 1. The average Bonchev–Trinajstić information content (AvgIpc) is 2.64. The maximum atomic E-state index is 12.4. The summed E-state index contributed by atoms with van der Waals surface area (Å²) in [5, 5.41) is 19.2. The number of nitriles is 1. The lowest BCUT2D eigenvalue weighted by Crippen LogP contribution is -2.56. The molecule has 7 heteroatoms. The molecule has 0 unspecified atom stereocenters. The molecule has 2 saturated heterocycles. The summed E-state index contributed by atoms with van der Waals surface area (Å²) in [5.74, 6) is 1.45. The smallest absolute Gasteiger partial charge is 0.410 e. The van der Waals surface area contributed by atoms with E-state index in [1.807, 2.05) is 25.7 Å². The summed E-state index contributed by atoms with van der Waals surface area (Å²) in [4.78, 5) is 16.5. The lowest BCUT2D eigenvalue weighted by Gasteiger charge is -2.46. The van der Waals surface area contributed by atoms with Gasteiger partial charge in [-0.15, -0.1) is 0 Å². The molecule has 2 heterocycles. The molecule has 2 fully saturated rings. The van der Waals surface area contributed by atoms with Gasteiger partial charge in [0.15, 0.2) is 0 Å². The third kappa shape index (κ3) is 6.34. The maximum Gasteiger partial charge on any atom is 0.410 e. The molecule has 0 aromatic heterocycles. The zero-order valence-corrected chi connectivity index (χ0v) is 17.5. The molecule has 0 radical (unpaired) electrons. The van der Waals surface area contributed by atoms with Crippen molar-refractivity contribution in [2.75, 3.05) is 39.3 Å². The van der Waals surface area contributed by atoms with Crippen LogP contribution in [0.25, 0.3) is 0 Å². The molecule has 1 N–H and O–H groups in total. The Balaban J connectivity index is 1.44. The Morgan fingerprint density at radius 1 is 1.21 bits per heavy atom. The van der Waals surface area contributed by atoms with Crippen molar-refractivity contribution in [2.24, 2.45) is 11.8 Å². The van der Waals surface area contributed by atoms with Crippen molar-refractivity contribution < 1.29 is 19.4 Å². The molecule has 3 rings (SSSR count). The topological polar surface area (TPSA) is 86.0 Å². The van der Waals surface area contributed by atoms with Crippen LogP contribution in [0, 0.1) is 23.2 Å². The summed E-state index contributed by atoms with van der Waals surface area (Å²) in [5.41, 5.74) is 0.104. The highest BCUT2D eigenvalue weighted by molar-refractivity contribution is 5.68. The molecule has 1 aromatic rings. The Morgan fingerprint density at radius 3 is 2.38 bits per heavy atom. The van der Waals surface area contributed by atoms with E-state index in [1.165, 1.54) is 0 Å². The lowest BCUT2D eigenvalue weighted by molar-refractivity contribution is -0.0199. The second-order valence-corrected chi connectivity index (χ2v) is 9.17. The van der Waals surface area contributed by atoms with E-state index < -0.39 is 11.7 Å². The molecular formula is C22H31N3O4. The van der Waals surface area contributed by atoms with Crippen LogP contribution >= 0.6 is 0 Å². The van der Waals surface area contributed by atoms with E-state index in [1.54, 1.807) is 24.3 Å². The van der Waals surface area contributed by atoms with Crippen LogP contribution < -0.4 is 4.74 Å². The maximum absolute atomic E-state index is 12.4. The first-order valence-corrected chi connectivity index (χ1v) is 10.2. The summed E-state index contributed by atoms with van der Waals surface area (Å²) < 4.78 is 11.2. The molecule has 0 spiro atoms. The molecule has 1 aromatic carbocycles. The number of benzene rings is 1. The van der Waals surface area contributed by atoms with Crippen LogP contribution in [0.2, 0.25) is 0 Å². The van der Waals surface area contributed by atoms with Crippen molar-refractivity contribution in [1.29, 1.82) is 5.26 Å². The van der Waals surface area contributed by atoms with E-state index in [4.69, 9.17) is 14.7 Å². The zero-order chi connectivity index (χ0) is 21.0. The van der Waals surface area contributed by atoms with Gasteiger partial charge in [-0.1, -0.05) is 0 Å². The summed E-state index contributed by atoms with van der Waals surface area (Å²) in [6, 6.07) is 8.94. The molecule has 1 amide bonds. The zero-order valence-electron chi connectivity index (χ0n) is 17.5. The third-order valence-corrected chi connectivity index (χ3v) is 5.20. The van der Waals surface area contributed by atoms with Crippen molar-refractivity contribution in [2.45, 2.75) is 38.9 Å². The summed E-state index contributed by atoms with van der Waals surface area (Å²) >= 11 is 0. The van der Waals surface area contributed by atoms with Crippen LogP contribution in [-0.4, -0.2) is 72.0 Å². The lowest BCUT2D eigenvalue weighted by atomic mass is 9.84. The van der Waals surface area contributed by atoms with Crippen LogP contribution in [0.5, 0.6) is 5.75 Å². The van der Waals surface area contributed by atoms with E-state index >= 15 is 0 Å². The van der Waals surface area contributed by atoms with Gasteiger partial charge in [-0.3, -0.25) is 4.90 Å². The number of hydrogen-bond donors (Lipinski definition) is 1. The van der Waals surface area contributed by atoms with Gasteiger partial charge in [0.2, 0.25) is 0 Å². The number of ether oxygens (including phenoxy) is 2. The number of rotatable bonds is 5. The van der Waals surface area contributed by atoms with Crippen molar-refractivity contribution in [1.82, 2.24) is 9.80 Å². The van der Waals surface area contributed by atoms with E-state index in [0.717, 1.165) is 19.5 Å². The summed E-state index contributed by atoms with van der Waals surface area (Å²) in [6.45, 7) is 9.57. The number of fused-ring (bicyclic) bond motifs is 2. The van der Waals surface area contributed by atoms with E-state index in [9.17, 15) is 9.90 Å². The standard InChI is InChI=1S/C22H31N3O4/c1-22(2,3)29-21(27)25-12-17-8-18(13-25)11-24(10-17)14-19(26)15-28-20-6-4-16(9-23)5-7-20/h4-7,17-19,26H,8,10-15H2,1-3H3/t17-,18-,19-/m0/s1. The number of aliphatic hydroxyl groups is 1. The van der Waals surface area contributed by atoms with Crippen molar-refractivity contribution in [3.63, 3.8) is 0 Å². The molecule has 2 aliphatic rings. The number of β-amino-alcohol motifs (C(OH)–C–C–N with tert-alkyl or cyclic N) is 1. The second-order valence-electron chi connectivity index (χ2n) is 9.17. The fourth-order valence-corrected chi connectivity index (χ4v) is 4.18. The first kappa shape index (κ1) is 21.4. The number of likely N-dealkylation sites (tertiary alicyclic amines) is 2. The first-order chi connectivity index (χ1) is 13.7. The van der Waals surface area contributed by atoms with Gasteiger partial charge in [0, 0.05) is 32.7 Å².